The van der Waals surface area contributed by atoms with Gasteiger partial charge >= 0.3 is 20.1 Å². The average Bonchev–Trinajstić information content (AvgIpc) is 3.19. The highest BCUT2D eigenvalue weighted by molar-refractivity contribution is 7.48. The molecule has 0 fully saturated rings. The first-order valence-electron chi connectivity index (χ1n) is 18.1. The van der Waals surface area contributed by atoms with Crippen LogP contribution in [0, 0.1) is 0 Å². The van der Waals surface area contributed by atoms with E-state index in [-0.39, 0.29) is 50.6 Å². The summed E-state index contributed by atoms with van der Waals surface area (Å²) in [5.41, 5.74) is -0.284. The summed E-state index contributed by atoms with van der Waals surface area (Å²) in [5.74, 6) is -0.270. The first kappa shape index (κ1) is 42.6. The Morgan fingerprint density at radius 1 is 0.722 bits per heavy atom. The monoisotopic (exact) mass is 771 g/mol. The molecule has 0 radical (unpaired) electrons. The molecular weight excluding hydrogens is 722 g/mol. The highest BCUT2D eigenvalue weighted by Crippen LogP contribution is 2.51. The molecule has 0 aliphatic heterocycles. The van der Waals surface area contributed by atoms with Crippen molar-refractivity contribution in [2.24, 2.45) is 0 Å². The van der Waals surface area contributed by atoms with Gasteiger partial charge in [0.25, 0.3) is 0 Å². The fourth-order valence-corrected chi connectivity index (χ4v) is 6.68. The molecule has 0 aliphatic carbocycles. The summed E-state index contributed by atoms with van der Waals surface area (Å²) < 4.78 is 85.0. The van der Waals surface area contributed by atoms with Gasteiger partial charge < -0.3 is 19.9 Å². The lowest BCUT2D eigenvalue weighted by Gasteiger charge is -2.33. The van der Waals surface area contributed by atoms with Gasteiger partial charge in [-0.05, 0) is 53.6 Å². The highest BCUT2D eigenvalue weighted by atomic mass is 31.2. The smallest absolute Gasteiger partial charge is 0.475 e. The summed E-state index contributed by atoms with van der Waals surface area (Å²) in [6.07, 6.45) is -1.22. The number of hydrogen-bond donors (Lipinski definition) is 2. The van der Waals surface area contributed by atoms with E-state index < -0.39 is 44.4 Å². The Balaban J connectivity index is 1.54. The minimum Gasteiger partial charge on any atom is -0.493 e. The van der Waals surface area contributed by atoms with Crippen LogP contribution in [0.15, 0.2) is 109 Å². The first-order valence-corrected chi connectivity index (χ1v) is 19.5. The number of carbonyl (C=O) groups excluding carboxylic acids is 1. The van der Waals surface area contributed by atoms with Crippen LogP contribution in [-0.2, 0) is 55.3 Å². The molecule has 54 heavy (non-hydrogen) atoms. The lowest BCUT2D eigenvalue weighted by molar-refractivity contribution is -0.139. The number of phosphoric ester groups is 1. The number of alkyl halides is 3. The maximum atomic E-state index is 14.2. The Kier molecular flexibility index (Phi) is 17.0. The molecule has 0 heterocycles. The standard InChI is InChI=1S/C41H49F3NO8P/c1-2-3-4-5-15-26-49-38-23-22-33(27-37(38)41(42,43)44)24-25-40(31-46,45-39(47)50-28-34-16-9-6-10-17-34)32-53-54(48,51-29-35-18-11-7-12-19-35)52-30-36-20-13-8-14-21-36/h6-14,16-23,27,46H,2-5,15,24-26,28-32H2,1H3,(H,45,47). The quantitative estimate of drug-likeness (QED) is 0.0566. The molecule has 0 spiro atoms. The fraction of sp³-hybridized carbons (Fsp3) is 0.390. The summed E-state index contributed by atoms with van der Waals surface area (Å²) in [4.78, 5) is 13.2. The third kappa shape index (κ3) is 14.6. The minimum absolute atomic E-state index is 0.0523. The van der Waals surface area contributed by atoms with Crippen molar-refractivity contribution >= 4 is 13.9 Å². The van der Waals surface area contributed by atoms with Gasteiger partial charge in [-0.25, -0.2) is 9.36 Å². The van der Waals surface area contributed by atoms with E-state index in [0.29, 0.717) is 23.1 Å². The number of amides is 1. The van der Waals surface area contributed by atoms with Crippen LogP contribution in [0.25, 0.3) is 0 Å². The van der Waals surface area contributed by atoms with E-state index in [9.17, 15) is 27.6 Å². The van der Waals surface area contributed by atoms with Gasteiger partial charge in [0.1, 0.15) is 12.4 Å². The van der Waals surface area contributed by atoms with E-state index >= 15 is 0 Å². The molecule has 13 heteroatoms. The van der Waals surface area contributed by atoms with Crippen molar-refractivity contribution in [2.75, 3.05) is 19.8 Å². The molecule has 1 unspecified atom stereocenters. The van der Waals surface area contributed by atoms with E-state index in [2.05, 4.69) is 12.2 Å². The molecule has 4 aromatic rings. The number of hydrogen-bond acceptors (Lipinski definition) is 8. The predicted octanol–water partition coefficient (Wildman–Crippen LogP) is 10.2. The largest absolute Gasteiger partial charge is 0.493 e. The number of halogens is 3. The molecule has 4 rings (SSSR count). The maximum absolute atomic E-state index is 14.2. The number of phosphoric acid groups is 1. The third-order valence-electron chi connectivity index (χ3n) is 8.59. The van der Waals surface area contributed by atoms with Gasteiger partial charge in [-0.2, -0.15) is 13.2 Å². The minimum atomic E-state index is -4.69. The molecule has 292 valence electrons. The Labute approximate surface area is 315 Å². The van der Waals surface area contributed by atoms with Crippen molar-refractivity contribution < 1.29 is 50.7 Å². The van der Waals surface area contributed by atoms with Gasteiger partial charge in [0.15, 0.2) is 0 Å². The molecule has 1 amide bonds. The zero-order chi connectivity index (χ0) is 38.7. The number of aliphatic hydroxyl groups excluding tert-OH is 1. The molecule has 0 saturated carbocycles. The molecule has 1 atom stereocenters. The number of aliphatic hydroxyl groups is 1. The zero-order valence-electron chi connectivity index (χ0n) is 30.5. The topological polar surface area (TPSA) is 113 Å². The van der Waals surface area contributed by atoms with Gasteiger partial charge in [0, 0.05) is 0 Å². The van der Waals surface area contributed by atoms with Crippen LogP contribution in [0.2, 0.25) is 0 Å². The van der Waals surface area contributed by atoms with E-state index in [0.717, 1.165) is 31.7 Å². The number of unbranched alkanes of at least 4 members (excludes halogenated alkanes) is 4. The van der Waals surface area contributed by atoms with Crippen molar-refractivity contribution in [1.82, 2.24) is 5.32 Å². The number of alkyl carbamates (subject to hydrolysis) is 1. The first-order chi connectivity index (χ1) is 26.0. The molecule has 4 aromatic carbocycles. The van der Waals surface area contributed by atoms with Crippen molar-refractivity contribution in [3.05, 3.63) is 137 Å². The number of carbonyl (C=O) groups is 1. The Bertz CT molecular complexity index is 1680. The normalized spacial score (nSPS) is 12.9. The van der Waals surface area contributed by atoms with E-state index in [1.54, 1.807) is 72.8 Å². The Hall–Kier alpha value is -4.19. The van der Waals surface area contributed by atoms with Crippen molar-refractivity contribution in [3.8, 4) is 5.75 Å². The highest BCUT2D eigenvalue weighted by Gasteiger charge is 2.39. The van der Waals surface area contributed by atoms with Crippen LogP contribution in [-0.4, -0.2) is 36.6 Å². The van der Waals surface area contributed by atoms with E-state index in [1.165, 1.54) is 12.1 Å². The lowest BCUT2D eigenvalue weighted by Crippen LogP contribution is -2.55. The second-order valence-corrected chi connectivity index (χ2v) is 14.6. The summed E-state index contributed by atoms with van der Waals surface area (Å²) in [5, 5.41) is 13.4. The summed E-state index contributed by atoms with van der Waals surface area (Å²) in [7, 11) is -4.39. The maximum Gasteiger partial charge on any atom is 0.475 e. The number of benzene rings is 4. The number of aryl methyl sites for hydroxylation is 1. The van der Waals surface area contributed by atoms with E-state index in [1.807, 2.05) is 18.2 Å². The van der Waals surface area contributed by atoms with Gasteiger partial charge in [0.2, 0.25) is 0 Å². The van der Waals surface area contributed by atoms with Crippen molar-refractivity contribution in [3.63, 3.8) is 0 Å². The van der Waals surface area contributed by atoms with Crippen LogP contribution in [0.5, 0.6) is 5.75 Å². The van der Waals surface area contributed by atoms with Gasteiger partial charge in [0.05, 0.1) is 44.1 Å². The van der Waals surface area contributed by atoms with Crippen molar-refractivity contribution in [2.45, 2.75) is 83.4 Å². The molecule has 0 aliphatic rings. The molecule has 0 bridgehead atoms. The molecule has 9 nitrogen and oxygen atoms in total. The van der Waals surface area contributed by atoms with Crippen LogP contribution < -0.4 is 10.1 Å². The van der Waals surface area contributed by atoms with Crippen LogP contribution in [0.1, 0.15) is 73.3 Å². The number of rotatable bonds is 23. The number of nitrogens with one attached hydrogen (secondary N) is 1. The second kappa shape index (κ2) is 21.6. The average molecular weight is 772 g/mol. The molecule has 0 saturated heterocycles. The second-order valence-electron chi connectivity index (χ2n) is 13.0. The van der Waals surface area contributed by atoms with Crippen LogP contribution >= 0.6 is 7.82 Å². The van der Waals surface area contributed by atoms with Gasteiger partial charge in [-0.3, -0.25) is 13.6 Å². The SMILES string of the molecule is CCCCCCCOc1ccc(CCC(CO)(COP(=O)(OCc2ccccc2)OCc2ccccc2)NC(=O)OCc2ccccc2)cc1C(F)(F)F. The Morgan fingerprint density at radius 3 is 1.81 bits per heavy atom. The summed E-state index contributed by atoms with van der Waals surface area (Å²) >= 11 is 0. The van der Waals surface area contributed by atoms with Crippen LogP contribution in [0.3, 0.4) is 0 Å². The predicted molar refractivity (Wildman–Crippen MR) is 200 cm³/mol. The van der Waals surface area contributed by atoms with Crippen molar-refractivity contribution in [1.29, 1.82) is 0 Å². The summed E-state index contributed by atoms with van der Waals surface area (Å²) in [6, 6.07) is 30.5. The zero-order valence-corrected chi connectivity index (χ0v) is 31.4. The van der Waals surface area contributed by atoms with Crippen LogP contribution in [0.4, 0.5) is 18.0 Å². The van der Waals surface area contributed by atoms with Gasteiger partial charge in [-0.15, -0.1) is 0 Å². The van der Waals surface area contributed by atoms with Gasteiger partial charge in [-0.1, -0.05) is 130 Å². The lowest BCUT2D eigenvalue weighted by atomic mass is 9.92. The third-order valence-corrected chi connectivity index (χ3v) is 9.93. The number of ether oxygens (including phenoxy) is 2. The molecule has 2 N–H and O–H groups in total. The summed E-state index contributed by atoms with van der Waals surface area (Å²) in [6.45, 7) is 0.513. The fourth-order valence-electron chi connectivity index (χ4n) is 5.43. The molecular formula is C41H49F3NO8P. The molecule has 0 aromatic heterocycles. The Morgan fingerprint density at radius 2 is 1.28 bits per heavy atom. The van der Waals surface area contributed by atoms with E-state index in [4.69, 9.17) is 23.0 Å².